The van der Waals surface area contributed by atoms with Gasteiger partial charge in [-0.05, 0) is 31.2 Å². The molecule has 6 aromatic heterocycles. The van der Waals surface area contributed by atoms with Gasteiger partial charge in [-0.25, -0.2) is 14.4 Å². The molecule has 0 saturated carbocycles. The van der Waals surface area contributed by atoms with Crippen molar-refractivity contribution in [2.24, 2.45) is 0 Å². The average molecular weight is 499 g/mol. The van der Waals surface area contributed by atoms with Crippen LogP contribution in [0.2, 0.25) is 0 Å². The lowest BCUT2D eigenvalue weighted by Gasteiger charge is -2.07. The van der Waals surface area contributed by atoms with Crippen LogP contribution >= 0.6 is 11.3 Å². The van der Waals surface area contributed by atoms with E-state index in [1.54, 1.807) is 30.5 Å². The number of halogens is 1. The molecule has 178 valence electrons. The highest BCUT2D eigenvalue weighted by atomic mass is 32.1. The van der Waals surface area contributed by atoms with Gasteiger partial charge in [0.2, 0.25) is 5.91 Å². The number of hydrogen-bond acceptors (Lipinski definition) is 7. The van der Waals surface area contributed by atoms with Crippen molar-refractivity contribution in [1.29, 1.82) is 0 Å². The zero-order valence-electron chi connectivity index (χ0n) is 19.3. The molecule has 0 bridgehead atoms. The maximum atomic E-state index is 15.9. The van der Waals surface area contributed by atoms with Gasteiger partial charge in [-0.3, -0.25) is 19.9 Å². The molecule has 6 rings (SSSR count). The van der Waals surface area contributed by atoms with Crippen molar-refractivity contribution in [1.82, 2.24) is 35.1 Å². The van der Waals surface area contributed by atoms with E-state index in [4.69, 9.17) is 4.98 Å². The van der Waals surface area contributed by atoms with Gasteiger partial charge < -0.3 is 10.3 Å². The molecular formula is C25H19FN8OS. The Kier molecular flexibility index (Phi) is 5.26. The Labute approximate surface area is 207 Å². The lowest BCUT2D eigenvalue weighted by Crippen LogP contribution is -2.09. The highest BCUT2D eigenvalue weighted by molar-refractivity contribution is 7.15. The van der Waals surface area contributed by atoms with E-state index in [-0.39, 0.29) is 16.9 Å². The van der Waals surface area contributed by atoms with Gasteiger partial charge in [-0.15, -0.1) is 11.3 Å². The second-order valence-corrected chi connectivity index (χ2v) is 9.49. The van der Waals surface area contributed by atoms with Crippen molar-refractivity contribution < 1.29 is 9.18 Å². The van der Waals surface area contributed by atoms with Gasteiger partial charge in [-0.2, -0.15) is 5.10 Å². The molecule has 0 aliphatic carbocycles. The van der Waals surface area contributed by atoms with Gasteiger partial charge in [0, 0.05) is 41.0 Å². The summed E-state index contributed by atoms with van der Waals surface area (Å²) in [6.07, 6.45) is 6.50. The molecule has 0 aliphatic rings. The van der Waals surface area contributed by atoms with Crippen LogP contribution in [0.25, 0.3) is 55.3 Å². The third kappa shape index (κ3) is 3.69. The predicted octanol–water partition coefficient (Wildman–Crippen LogP) is 5.48. The lowest BCUT2D eigenvalue weighted by molar-refractivity contribution is -0.115. The minimum Gasteiger partial charge on any atom is -0.336 e. The van der Waals surface area contributed by atoms with Crippen LogP contribution in [0.15, 0.2) is 49.1 Å². The van der Waals surface area contributed by atoms with Crippen LogP contribution in [0.5, 0.6) is 0 Å². The largest absolute Gasteiger partial charge is 0.336 e. The molecule has 0 unspecified atom stereocenters. The molecule has 36 heavy (non-hydrogen) atoms. The van der Waals surface area contributed by atoms with Crippen molar-refractivity contribution in [2.45, 2.75) is 20.3 Å². The van der Waals surface area contributed by atoms with Crippen LogP contribution in [0.4, 0.5) is 10.1 Å². The van der Waals surface area contributed by atoms with Crippen molar-refractivity contribution >= 4 is 45.0 Å². The fourth-order valence-corrected chi connectivity index (χ4v) is 4.89. The van der Waals surface area contributed by atoms with Crippen molar-refractivity contribution in [3.05, 3.63) is 59.7 Å². The van der Waals surface area contributed by atoms with Crippen LogP contribution in [0.3, 0.4) is 0 Å². The number of rotatable bonds is 5. The number of amides is 1. The summed E-state index contributed by atoms with van der Waals surface area (Å²) in [5.74, 6) is -0.271. The molecule has 0 aromatic carbocycles. The molecule has 0 fully saturated rings. The van der Waals surface area contributed by atoms with E-state index in [9.17, 15) is 4.79 Å². The van der Waals surface area contributed by atoms with E-state index < -0.39 is 5.82 Å². The Morgan fingerprint density at radius 3 is 2.83 bits per heavy atom. The number of fused-ring (bicyclic) bond motifs is 2. The molecule has 1 amide bonds. The summed E-state index contributed by atoms with van der Waals surface area (Å²) in [6.45, 7) is 3.79. The average Bonchev–Trinajstić information content (AvgIpc) is 3.62. The number of H-pyrrole nitrogens is 2. The number of carbonyl (C=O) groups excluding carboxylic acids is 1. The fraction of sp³-hybridized carbons (Fsp3) is 0.120. The molecule has 0 spiro atoms. The topological polar surface area (TPSA) is 125 Å². The third-order valence-corrected chi connectivity index (χ3v) is 6.79. The highest BCUT2D eigenvalue weighted by Crippen LogP contribution is 2.35. The first-order chi connectivity index (χ1) is 17.5. The summed E-state index contributed by atoms with van der Waals surface area (Å²) in [6, 6.07) is 7.54. The smallest absolute Gasteiger partial charge is 0.224 e. The van der Waals surface area contributed by atoms with Crippen LogP contribution in [0, 0.1) is 12.7 Å². The zero-order valence-corrected chi connectivity index (χ0v) is 20.1. The molecule has 0 radical (unpaired) electrons. The van der Waals surface area contributed by atoms with Gasteiger partial charge in [0.15, 0.2) is 11.5 Å². The number of aromatic amines is 2. The number of nitrogens with one attached hydrogen (secondary N) is 3. The number of aryl methyl sites for hydroxylation is 1. The number of anilines is 1. The standard InChI is InChI=1S/C25H19FN8OS/c1-3-18(35)30-14-8-13(9-27-10-14)15-11-29-24-19(20(15)26)23(33-34-24)25-31-16-6-7-28-22(21(16)32-25)17-5-4-12(2)36-17/h4-11H,3H2,1-2H3,(H,30,35)(H,31,32)(H,29,33,34). The summed E-state index contributed by atoms with van der Waals surface area (Å²) in [5, 5.41) is 10.1. The third-order valence-electron chi connectivity index (χ3n) is 5.78. The monoisotopic (exact) mass is 498 g/mol. The Bertz CT molecular complexity index is 1770. The Morgan fingerprint density at radius 2 is 2.03 bits per heavy atom. The second-order valence-electron chi connectivity index (χ2n) is 8.20. The minimum absolute atomic E-state index is 0.156. The molecule has 0 aliphatic heterocycles. The van der Waals surface area contributed by atoms with E-state index >= 15 is 4.39 Å². The number of nitrogens with zero attached hydrogens (tertiary/aromatic N) is 5. The summed E-state index contributed by atoms with van der Waals surface area (Å²) < 4.78 is 15.9. The van der Waals surface area contributed by atoms with Gasteiger partial charge in [0.05, 0.1) is 27.7 Å². The van der Waals surface area contributed by atoms with E-state index in [1.165, 1.54) is 23.5 Å². The molecule has 6 heterocycles. The van der Waals surface area contributed by atoms with E-state index in [0.29, 0.717) is 40.4 Å². The molecule has 9 nitrogen and oxygen atoms in total. The maximum absolute atomic E-state index is 15.9. The molecule has 11 heteroatoms. The molecule has 6 aromatic rings. The van der Waals surface area contributed by atoms with Crippen LogP contribution < -0.4 is 5.32 Å². The van der Waals surface area contributed by atoms with Crippen LogP contribution in [-0.4, -0.2) is 41.0 Å². The normalized spacial score (nSPS) is 11.4. The first kappa shape index (κ1) is 22.0. The van der Waals surface area contributed by atoms with Crippen molar-refractivity contribution in [2.75, 3.05) is 5.32 Å². The first-order valence-corrected chi connectivity index (χ1v) is 12.0. The highest BCUT2D eigenvalue weighted by Gasteiger charge is 2.22. The number of thiophene rings is 1. The van der Waals surface area contributed by atoms with Crippen molar-refractivity contribution in [3.63, 3.8) is 0 Å². The van der Waals surface area contributed by atoms with Gasteiger partial charge in [0.25, 0.3) is 0 Å². The number of aromatic nitrogens is 7. The zero-order chi connectivity index (χ0) is 24.8. The van der Waals surface area contributed by atoms with Crippen molar-refractivity contribution in [3.8, 4) is 33.2 Å². The Balaban J connectivity index is 1.47. The van der Waals surface area contributed by atoms with E-state index in [0.717, 1.165) is 16.1 Å². The molecule has 0 saturated heterocycles. The van der Waals surface area contributed by atoms with E-state index in [1.807, 2.05) is 25.1 Å². The predicted molar refractivity (Wildman–Crippen MR) is 137 cm³/mol. The Morgan fingerprint density at radius 1 is 1.14 bits per heavy atom. The van der Waals surface area contributed by atoms with Crippen LogP contribution in [0.1, 0.15) is 18.2 Å². The van der Waals surface area contributed by atoms with Gasteiger partial charge in [0.1, 0.15) is 22.7 Å². The molecule has 0 atom stereocenters. The van der Waals surface area contributed by atoms with Crippen LogP contribution in [-0.2, 0) is 4.79 Å². The molecular weight excluding hydrogens is 479 g/mol. The summed E-state index contributed by atoms with van der Waals surface area (Å²) in [4.78, 5) is 35.0. The summed E-state index contributed by atoms with van der Waals surface area (Å²) in [7, 11) is 0. The number of hydrogen-bond donors (Lipinski definition) is 3. The summed E-state index contributed by atoms with van der Waals surface area (Å²) >= 11 is 1.63. The fourth-order valence-electron chi connectivity index (χ4n) is 4.02. The first-order valence-electron chi connectivity index (χ1n) is 11.2. The SMILES string of the molecule is CCC(=O)Nc1cncc(-c2cnc3[nH]nc(-c4nc5c(-c6ccc(C)s6)nccc5[nH]4)c3c2F)c1. The summed E-state index contributed by atoms with van der Waals surface area (Å²) in [5.41, 5.74) is 4.00. The number of imidazole rings is 1. The number of carbonyl (C=O) groups is 1. The minimum atomic E-state index is -0.516. The Hall–Kier alpha value is -4.51. The van der Waals surface area contributed by atoms with Gasteiger partial charge in [-0.1, -0.05) is 6.92 Å². The maximum Gasteiger partial charge on any atom is 0.224 e. The van der Waals surface area contributed by atoms with Gasteiger partial charge >= 0.3 is 0 Å². The van der Waals surface area contributed by atoms with E-state index in [2.05, 4.69) is 35.5 Å². The number of pyridine rings is 3. The second kappa shape index (κ2) is 8.61. The molecule has 3 N–H and O–H groups in total. The quantitative estimate of drug-likeness (QED) is 0.289. The lowest BCUT2D eigenvalue weighted by atomic mass is 10.1.